The average molecular weight is 379 g/mol. The second-order valence-electron chi connectivity index (χ2n) is 5.68. The summed E-state index contributed by atoms with van der Waals surface area (Å²) in [6.45, 7) is 0.562. The molecule has 2 fully saturated rings. The van der Waals surface area contributed by atoms with Crippen molar-refractivity contribution in [3.8, 4) is 18.1 Å². The van der Waals surface area contributed by atoms with Crippen molar-refractivity contribution in [1.29, 1.82) is 0 Å². The third kappa shape index (κ3) is 3.54. The minimum atomic E-state index is -0.905. The van der Waals surface area contributed by atoms with Crippen LogP contribution in [0.15, 0.2) is 24.3 Å². The number of aliphatic hydroxyl groups is 1. The summed E-state index contributed by atoms with van der Waals surface area (Å²) in [6, 6.07) is 5.32. The van der Waals surface area contributed by atoms with Crippen molar-refractivity contribution in [2.75, 3.05) is 20.3 Å². The molecule has 3 atom stereocenters. The Bertz CT molecular complexity index is 739. The lowest BCUT2D eigenvalue weighted by atomic mass is 10.3. The van der Waals surface area contributed by atoms with E-state index in [4.69, 9.17) is 11.2 Å². The fraction of sp³-hybridized carbons (Fsp3) is 0.400. The van der Waals surface area contributed by atoms with E-state index in [0.717, 1.165) is 0 Å². The van der Waals surface area contributed by atoms with Crippen LogP contribution in [0.2, 0.25) is 0 Å². The number of β-amino-alcohol motifs (C(OH)–C–C–N with tert-alkyl or cyclic N) is 1. The van der Waals surface area contributed by atoms with Crippen molar-refractivity contribution in [3.05, 3.63) is 34.4 Å². The Morgan fingerprint density at radius 3 is 2.73 bits per heavy atom. The second kappa shape index (κ2) is 7.38. The summed E-state index contributed by atoms with van der Waals surface area (Å²) < 4.78 is 7.41. The van der Waals surface area contributed by atoms with Crippen LogP contribution in [0.1, 0.15) is 0 Å². The molecule has 10 nitrogen and oxygen atoms in total. The number of hydrogen-bond acceptors (Lipinski definition) is 8. The number of urea groups is 1. The third-order valence-corrected chi connectivity index (χ3v) is 5.10. The van der Waals surface area contributed by atoms with Gasteiger partial charge in [0.1, 0.15) is 11.2 Å². The Kier molecular flexibility index (Phi) is 5.19. The molecule has 2 saturated heterocycles. The maximum atomic E-state index is 12.1. The largest absolute Gasteiger partial charge is 0.463 e. The van der Waals surface area contributed by atoms with Crippen LogP contribution >= 0.6 is 11.9 Å². The van der Waals surface area contributed by atoms with Gasteiger partial charge in [0, 0.05) is 19.2 Å². The van der Waals surface area contributed by atoms with Gasteiger partial charge < -0.3 is 14.7 Å². The lowest BCUT2D eigenvalue weighted by molar-refractivity contribution is -0.384. The molecule has 2 aliphatic heterocycles. The number of terminal acetylenes is 1. The quantitative estimate of drug-likeness (QED) is 0.328. The summed E-state index contributed by atoms with van der Waals surface area (Å²) in [5.41, 5.74) is -0.517. The summed E-state index contributed by atoms with van der Waals surface area (Å²) in [7, 11) is 1.62. The summed E-state index contributed by atoms with van der Waals surface area (Å²) in [5, 5.41) is 23.8. The molecule has 0 radical (unpaired) electrons. The fourth-order valence-electron chi connectivity index (χ4n) is 2.60. The zero-order valence-corrected chi connectivity index (χ0v) is 14.6. The minimum absolute atomic E-state index is 0.0439. The summed E-state index contributed by atoms with van der Waals surface area (Å²) >= 11 is 1.24. The van der Waals surface area contributed by atoms with Crippen LogP contribution in [0.3, 0.4) is 0 Å². The number of nitrogens with one attached hydrogen (secondary N) is 1. The highest BCUT2D eigenvalue weighted by molar-refractivity contribution is 7.97. The lowest BCUT2D eigenvalue weighted by Gasteiger charge is -2.26. The van der Waals surface area contributed by atoms with E-state index in [1.165, 1.54) is 46.0 Å². The Balaban J connectivity index is 1.64. The maximum Gasteiger partial charge on any atom is 0.324 e. The average Bonchev–Trinajstić information content (AvgIpc) is 3.18. The molecule has 26 heavy (non-hydrogen) atoms. The number of hydrogen-bond donors (Lipinski definition) is 2. The van der Waals surface area contributed by atoms with Gasteiger partial charge in [-0.3, -0.25) is 20.3 Å². The van der Waals surface area contributed by atoms with Crippen molar-refractivity contribution >= 4 is 23.7 Å². The Morgan fingerprint density at radius 2 is 2.19 bits per heavy atom. The number of benzene rings is 1. The molecular formula is C15H17N5O5S. The SMILES string of the molecule is C#CC(Oc1ccc([N+](=O)[O-])cc1)N1CNC(N2C(=O)N(C)CC2O)S1. The first-order chi connectivity index (χ1) is 12.4. The van der Waals surface area contributed by atoms with Crippen LogP contribution in [0.4, 0.5) is 10.5 Å². The molecule has 2 heterocycles. The topological polar surface area (TPSA) is 111 Å². The van der Waals surface area contributed by atoms with Crippen molar-refractivity contribution in [3.63, 3.8) is 0 Å². The van der Waals surface area contributed by atoms with Crippen LogP contribution in [0.5, 0.6) is 5.75 Å². The second-order valence-corrected chi connectivity index (χ2v) is 6.80. The predicted molar refractivity (Wildman–Crippen MR) is 93.4 cm³/mol. The number of rotatable bonds is 5. The van der Waals surface area contributed by atoms with E-state index in [1.54, 1.807) is 11.4 Å². The van der Waals surface area contributed by atoms with E-state index in [9.17, 15) is 20.0 Å². The first-order valence-electron chi connectivity index (χ1n) is 7.66. The number of likely N-dealkylation sites (N-methyl/N-ethyl adjacent to an activating group) is 1. The van der Waals surface area contributed by atoms with Crippen LogP contribution in [-0.4, -0.2) is 68.4 Å². The molecule has 0 bridgehead atoms. The molecule has 0 aromatic heterocycles. The zero-order valence-electron chi connectivity index (χ0n) is 13.8. The van der Waals surface area contributed by atoms with Gasteiger partial charge in [-0.2, -0.15) is 4.31 Å². The van der Waals surface area contributed by atoms with Gasteiger partial charge in [0.05, 0.1) is 18.1 Å². The molecule has 0 aliphatic carbocycles. The van der Waals surface area contributed by atoms with Gasteiger partial charge in [0.25, 0.3) is 5.69 Å². The lowest BCUT2D eigenvalue weighted by Crippen LogP contribution is -2.46. The highest BCUT2D eigenvalue weighted by atomic mass is 32.2. The molecule has 2 amide bonds. The number of nitrogens with zero attached hydrogens (tertiary/aromatic N) is 4. The minimum Gasteiger partial charge on any atom is -0.463 e. The van der Waals surface area contributed by atoms with Gasteiger partial charge in [-0.05, 0) is 30.0 Å². The van der Waals surface area contributed by atoms with Crippen LogP contribution in [-0.2, 0) is 0 Å². The Labute approximate surface area is 154 Å². The molecule has 3 unspecified atom stereocenters. The van der Waals surface area contributed by atoms with Crippen molar-refractivity contribution < 1.29 is 19.6 Å². The number of nitro groups is 1. The molecule has 0 spiro atoms. The highest BCUT2D eigenvalue weighted by Gasteiger charge is 2.43. The van der Waals surface area contributed by atoms with E-state index < -0.39 is 22.9 Å². The number of carbonyl (C=O) groups excluding carboxylic acids is 1. The number of ether oxygens (including phenoxy) is 1. The van der Waals surface area contributed by atoms with Gasteiger partial charge >= 0.3 is 6.03 Å². The molecule has 11 heteroatoms. The smallest absolute Gasteiger partial charge is 0.324 e. The van der Waals surface area contributed by atoms with Gasteiger partial charge in [-0.25, -0.2) is 4.79 Å². The molecule has 2 aliphatic rings. The van der Waals surface area contributed by atoms with E-state index in [1.807, 2.05) is 0 Å². The van der Waals surface area contributed by atoms with E-state index in [-0.39, 0.29) is 18.3 Å². The predicted octanol–water partition coefficient (Wildman–Crippen LogP) is 0.413. The summed E-state index contributed by atoms with van der Waals surface area (Å²) in [4.78, 5) is 25.1. The number of aliphatic hydroxyl groups excluding tert-OH is 1. The van der Waals surface area contributed by atoms with E-state index >= 15 is 0 Å². The van der Waals surface area contributed by atoms with Crippen LogP contribution in [0, 0.1) is 22.5 Å². The highest BCUT2D eigenvalue weighted by Crippen LogP contribution is 2.31. The van der Waals surface area contributed by atoms with Gasteiger partial charge in [0.2, 0.25) is 6.23 Å². The fourth-order valence-corrected chi connectivity index (χ4v) is 3.70. The number of amides is 2. The number of nitro benzene ring substituents is 1. The molecule has 138 valence electrons. The van der Waals surface area contributed by atoms with Crippen LogP contribution in [0.25, 0.3) is 0 Å². The van der Waals surface area contributed by atoms with Gasteiger partial charge in [-0.1, -0.05) is 0 Å². The molecule has 0 saturated carbocycles. The standard InChI is InChI=1S/C15H17N5O5S/c1-3-13(25-11-6-4-10(5-7-11)20(23)24)18-9-16-14(26-18)19-12(21)8-17(2)15(19)22/h1,4-7,12-14,16,21H,8-9H2,2H3. The Morgan fingerprint density at radius 1 is 1.50 bits per heavy atom. The maximum absolute atomic E-state index is 12.1. The third-order valence-electron chi connectivity index (χ3n) is 3.91. The van der Waals surface area contributed by atoms with Crippen molar-refractivity contribution in [2.45, 2.75) is 18.0 Å². The van der Waals surface area contributed by atoms with Crippen molar-refractivity contribution in [1.82, 2.24) is 19.4 Å². The summed E-state index contributed by atoms with van der Waals surface area (Å²) in [5.74, 6) is 2.89. The molecule has 2 N–H and O–H groups in total. The first-order valence-corrected chi connectivity index (χ1v) is 8.50. The number of carbonyl (C=O) groups is 1. The molecule has 1 aromatic rings. The van der Waals surface area contributed by atoms with Gasteiger partial charge in [-0.15, -0.1) is 6.42 Å². The van der Waals surface area contributed by atoms with Crippen LogP contribution < -0.4 is 10.1 Å². The monoisotopic (exact) mass is 379 g/mol. The molecule has 1 aromatic carbocycles. The van der Waals surface area contributed by atoms with Crippen molar-refractivity contribution in [2.24, 2.45) is 0 Å². The molecule has 3 rings (SSSR count). The van der Waals surface area contributed by atoms with Gasteiger partial charge in [0.15, 0.2) is 6.23 Å². The Hall–Kier alpha value is -2.52. The first kappa shape index (κ1) is 18.3. The zero-order chi connectivity index (χ0) is 18.8. The normalized spacial score (nSPS) is 24.6. The van der Waals surface area contributed by atoms with E-state index in [2.05, 4.69) is 11.2 Å². The molecular weight excluding hydrogens is 362 g/mol. The summed E-state index contributed by atoms with van der Waals surface area (Å²) in [6.07, 6.45) is 3.89. The number of non-ortho nitro benzene ring substituents is 1. The van der Waals surface area contributed by atoms with E-state index in [0.29, 0.717) is 12.4 Å².